The molecule has 1 atom stereocenters. The lowest BCUT2D eigenvalue weighted by Gasteiger charge is -2.29. The second-order valence-electron chi connectivity index (χ2n) is 5.16. The van der Waals surface area contributed by atoms with Gasteiger partial charge in [-0.05, 0) is 25.5 Å². The summed E-state index contributed by atoms with van der Waals surface area (Å²) in [4.78, 5) is 26.8. The minimum Gasteiger partial charge on any atom is -0.298 e. The number of hydrogen-bond donors (Lipinski definition) is 1. The van der Waals surface area contributed by atoms with Crippen molar-refractivity contribution in [3.05, 3.63) is 29.3 Å². The molecule has 0 aliphatic carbocycles. The quantitative estimate of drug-likeness (QED) is 0.914. The molecular formula is C14H12N4O2S2. The average molecular weight is 332 g/mol. The molecule has 6 nitrogen and oxygen atoms in total. The number of benzene rings is 1. The van der Waals surface area contributed by atoms with Crippen molar-refractivity contribution in [2.24, 2.45) is 0 Å². The Bertz CT molecular complexity index is 791. The molecule has 1 saturated heterocycles. The predicted molar refractivity (Wildman–Crippen MR) is 85.0 cm³/mol. The van der Waals surface area contributed by atoms with Crippen molar-refractivity contribution in [2.75, 3.05) is 10.2 Å². The number of anilines is 2. The molecular weight excluding hydrogens is 320 g/mol. The van der Waals surface area contributed by atoms with Crippen LogP contribution in [0.4, 0.5) is 10.8 Å². The second kappa shape index (κ2) is 4.79. The van der Waals surface area contributed by atoms with Crippen LogP contribution < -0.4 is 10.2 Å². The minimum atomic E-state index is -0.902. The Morgan fingerprint density at radius 2 is 2.18 bits per heavy atom. The van der Waals surface area contributed by atoms with Crippen molar-refractivity contribution < 1.29 is 9.59 Å². The number of carbonyl (C=O) groups excluding carboxylic acids is 2. The Morgan fingerprint density at radius 1 is 1.36 bits per heavy atom. The van der Waals surface area contributed by atoms with Gasteiger partial charge in [-0.25, -0.2) is 0 Å². The van der Waals surface area contributed by atoms with E-state index in [1.807, 2.05) is 31.2 Å². The van der Waals surface area contributed by atoms with Crippen LogP contribution in [-0.4, -0.2) is 26.9 Å². The Morgan fingerprint density at radius 3 is 2.95 bits per heavy atom. The molecule has 4 rings (SSSR count). The largest absolute Gasteiger partial charge is 0.298 e. The fourth-order valence-corrected chi connectivity index (χ4v) is 4.84. The molecule has 8 heteroatoms. The van der Waals surface area contributed by atoms with Gasteiger partial charge in [-0.3, -0.25) is 19.8 Å². The number of fused-ring (bicyclic) bond motifs is 3. The number of thioether (sulfide) groups is 1. The van der Waals surface area contributed by atoms with Gasteiger partial charge in [0.25, 0.3) is 5.91 Å². The van der Waals surface area contributed by atoms with E-state index in [2.05, 4.69) is 15.5 Å². The van der Waals surface area contributed by atoms with Crippen molar-refractivity contribution in [3.8, 4) is 0 Å². The molecule has 0 radical (unpaired) electrons. The van der Waals surface area contributed by atoms with Crippen LogP contribution in [0.1, 0.15) is 17.8 Å². The number of nitrogens with zero attached hydrogens (tertiary/aromatic N) is 3. The summed E-state index contributed by atoms with van der Waals surface area (Å²) >= 11 is 2.77. The first-order valence-electron chi connectivity index (χ1n) is 6.83. The maximum atomic E-state index is 12.9. The van der Waals surface area contributed by atoms with Crippen LogP contribution in [0.15, 0.2) is 29.2 Å². The number of amides is 2. The van der Waals surface area contributed by atoms with Crippen molar-refractivity contribution >= 4 is 45.7 Å². The molecule has 0 saturated carbocycles. The third-order valence-corrected chi connectivity index (χ3v) is 6.00. The van der Waals surface area contributed by atoms with Crippen LogP contribution in [-0.2, 0) is 9.59 Å². The molecule has 1 N–H and O–H groups in total. The number of rotatable bonds is 2. The number of carbonyl (C=O) groups is 2. The van der Waals surface area contributed by atoms with Gasteiger partial charge >= 0.3 is 0 Å². The fourth-order valence-electron chi connectivity index (χ4n) is 2.84. The van der Waals surface area contributed by atoms with E-state index in [4.69, 9.17) is 0 Å². The van der Waals surface area contributed by atoms with Gasteiger partial charge in [0.1, 0.15) is 5.01 Å². The van der Waals surface area contributed by atoms with Crippen molar-refractivity contribution in [1.29, 1.82) is 0 Å². The number of aryl methyl sites for hydroxylation is 1. The fraction of sp³-hybridized carbons (Fsp3) is 0.286. The molecule has 1 unspecified atom stereocenters. The SMILES string of the molecule is Cc1nnc(NC(=O)C23CCC(=O)N2c2ccccc2S3)s1. The molecule has 0 spiro atoms. The van der Waals surface area contributed by atoms with Crippen molar-refractivity contribution in [3.63, 3.8) is 0 Å². The zero-order valence-corrected chi connectivity index (χ0v) is 13.3. The van der Waals surface area contributed by atoms with Gasteiger partial charge in [-0.1, -0.05) is 35.2 Å². The van der Waals surface area contributed by atoms with Crippen LogP contribution in [0.2, 0.25) is 0 Å². The number of nitrogens with one attached hydrogen (secondary N) is 1. The van der Waals surface area contributed by atoms with E-state index in [1.54, 1.807) is 4.90 Å². The van der Waals surface area contributed by atoms with Crippen molar-refractivity contribution in [2.45, 2.75) is 29.5 Å². The smallest absolute Gasteiger partial charge is 0.263 e. The van der Waals surface area contributed by atoms with Gasteiger partial charge < -0.3 is 0 Å². The van der Waals surface area contributed by atoms with Gasteiger partial charge in [0, 0.05) is 11.3 Å². The van der Waals surface area contributed by atoms with Crippen LogP contribution in [0.25, 0.3) is 0 Å². The molecule has 2 aliphatic heterocycles. The summed E-state index contributed by atoms with van der Waals surface area (Å²) in [6, 6.07) is 7.62. The molecule has 1 aromatic carbocycles. The zero-order chi connectivity index (χ0) is 15.3. The first-order valence-corrected chi connectivity index (χ1v) is 8.46. The molecule has 1 aromatic heterocycles. The van der Waals surface area contributed by atoms with Crippen LogP contribution >= 0.6 is 23.1 Å². The summed E-state index contributed by atoms with van der Waals surface area (Å²) in [7, 11) is 0. The third kappa shape index (κ3) is 1.87. The molecule has 112 valence electrons. The highest BCUT2D eigenvalue weighted by molar-refractivity contribution is 8.02. The molecule has 2 aromatic rings. The molecule has 0 bridgehead atoms. The second-order valence-corrected chi connectivity index (χ2v) is 7.66. The van der Waals surface area contributed by atoms with E-state index in [0.717, 1.165) is 15.6 Å². The van der Waals surface area contributed by atoms with Crippen LogP contribution in [0.5, 0.6) is 0 Å². The summed E-state index contributed by atoms with van der Waals surface area (Å²) in [5, 5.41) is 11.9. The maximum Gasteiger partial charge on any atom is 0.263 e. The Labute approximate surface area is 134 Å². The molecule has 2 amide bonds. The topological polar surface area (TPSA) is 75.2 Å². The summed E-state index contributed by atoms with van der Waals surface area (Å²) in [5.74, 6) is -0.225. The zero-order valence-electron chi connectivity index (χ0n) is 11.7. The lowest BCUT2D eigenvalue weighted by molar-refractivity contribution is -0.121. The van der Waals surface area contributed by atoms with E-state index in [9.17, 15) is 9.59 Å². The van der Waals surface area contributed by atoms with E-state index < -0.39 is 4.87 Å². The number of para-hydroxylation sites is 1. The summed E-state index contributed by atoms with van der Waals surface area (Å²) in [5.41, 5.74) is 0.818. The van der Waals surface area contributed by atoms with Crippen LogP contribution in [0.3, 0.4) is 0 Å². The molecule has 22 heavy (non-hydrogen) atoms. The molecule has 3 heterocycles. The van der Waals surface area contributed by atoms with Gasteiger partial charge in [0.15, 0.2) is 4.87 Å². The van der Waals surface area contributed by atoms with Crippen molar-refractivity contribution in [1.82, 2.24) is 10.2 Å². The summed E-state index contributed by atoms with van der Waals surface area (Å²) in [6.07, 6.45) is 0.874. The van der Waals surface area contributed by atoms with E-state index in [0.29, 0.717) is 18.0 Å². The van der Waals surface area contributed by atoms with Gasteiger partial charge in [-0.2, -0.15) is 0 Å². The summed E-state index contributed by atoms with van der Waals surface area (Å²) in [6.45, 7) is 1.83. The van der Waals surface area contributed by atoms with Gasteiger partial charge in [0.05, 0.1) is 5.69 Å². The highest BCUT2D eigenvalue weighted by atomic mass is 32.2. The first kappa shape index (κ1) is 13.7. The Kier molecular flexibility index (Phi) is 2.98. The standard InChI is InChI=1S/C14H12N4O2S2/c1-8-16-17-13(21-8)15-12(20)14-7-6-11(19)18(14)9-4-2-3-5-10(9)22-14/h2-5H,6-7H2,1H3,(H,15,17,20). The van der Waals surface area contributed by atoms with Crippen LogP contribution in [0, 0.1) is 6.92 Å². The first-order chi connectivity index (χ1) is 10.6. The normalized spacial score (nSPS) is 22.6. The highest BCUT2D eigenvalue weighted by Gasteiger charge is 2.57. The molecule has 2 aliphatic rings. The highest BCUT2D eigenvalue weighted by Crippen LogP contribution is 2.56. The van der Waals surface area contributed by atoms with Gasteiger partial charge in [-0.15, -0.1) is 10.2 Å². The Hall–Kier alpha value is -1.93. The number of aromatic nitrogens is 2. The lowest BCUT2D eigenvalue weighted by Crippen LogP contribution is -2.49. The monoisotopic (exact) mass is 332 g/mol. The Balaban J connectivity index is 1.71. The van der Waals surface area contributed by atoms with E-state index in [1.165, 1.54) is 23.1 Å². The lowest BCUT2D eigenvalue weighted by atomic mass is 10.2. The molecule has 1 fully saturated rings. The summed E-state index contributed by atoms with van der Waals surface area (Å²) < 4.78 is 0. The predicted octanol–water partition coefficient (Wildman–Crippen LogP) is 2.41. The van der Waals surface area contributed by atoms with Gasteiger partial charge in [0.2, 0.25) is 11.0 Å². The minimum absolute atomic E-state index is 0.0129. The maximum absolute atomic E-state index is 12.9. The number of hydrogen-bond acceptors (Lipinski definition) is 6. The van der Waals surface area contributed by atoms with E-state index >= 15 is 0 Å². The average Bonchev–Trinajstić information content (AvgIpc) is 3.14. The third-order valence-electron chi connectivity index (χ3n) is 3.77. The van der Waals surface area contributed by atoms with E-state index in [-0.39, 0.29) is 11.8 Å².